The molecule has 1 rings (SSSR count). The summed E-state index contributed by atoms with van der Waals surface area (Å²) in [5.74, 6) is 0.656. The van der Waals surface area contributed by atoms with Crippen LogP contribution in [-0.4, -0.2) is 49.4 Å². The maximum Gasteiger partial charge on any atom is 0.139 e. The van der Waals surface area contributed by atoms with Crippen LogP contribution in [0.15, 0.2) is 0 Å². The van der Waals surface area contributed by atoms with E-state index in [1.165, 1.54) is 0 Å². The van der Waals surface area contributed by atoms with E-state index in [0.29, 0.717) is 12.5 Å². The van der Waals surface area contributed by atoms with Crippen LogP contribution in [0.25, 0.3) is 0 Å². The average molecular weight is 192 g/mol. The van der Waals surface area contributed by atoms with Gasteiger partial charge in [0.2, 0.25) is 0 Å². The minimum atomic E-state index is -0.0537. The van der Waals surface area contributed by atoms with E-state index in [9.17, 15) is 4.79 Å². The van der Waals surface area contributed by atoms with Crippen molar-refractivity contribution in [3.63, 3.8) is 0 Å². The fraction of sp³-hybridized carbons (Fsp3) is 0.875. The third kappa shape index (κ3) is 2.73. The summed E-state index contributed by atoms with van der Waals surface area (Å²) in [6.07, 6.45) is 1.89. The lowest BCUT2D eigenvalue weighted by atomic mass is 10.2. The fourth-order valence-corrected chi connectivity index (χ4v) is 1.44. The molecule has 70 valence electrons. The Morgan fingerprint density at radius 1 is 1.67 bits per heavy atom. The summed E-state index contributed by atoms with van der Waals surface area (Å²) in [6, 6.07) is -0.0537. The third-order valence-corrected chi connectivity index (χ3v) is 2.28. The number of aldehydes is 1. The minimum Gasteiger partial charge on any atom is -0.378 e. The van der Waals surface area contributed by atoms with Crippen molar-refractivity contribution in [2.24, 2.45) is 0 Å². The lowest BCUT2D eigenvalue weighted by Crippen LogP contribution is -2.46. The number of ether oxygens (including phenoxy) is 1. The van der Waals surface area contributed by atoms with Crippen LogP contribution in [0.3, 0.4) is 0 Å². The zero-order chi connectivity index (χ0) is 8.81. The Kier molecular flexibility index (Phi) is 4.58. The van der Waals surface area contributed by atoms with Crippen LogP contribution in [0.1, 0.15) is 6.42 Å². The Balaban J connectivity index is 2.31. The molecular weight excluding hydrogens is 178 g/mol. The number of carbonyl (C=O) groups is 1. The number of nitrogens with zero attached hydrogens (tertiary/aromatic N) is 1. The molecule has 0 aromatic carbocycles. The number of carbonyl (C=O) groups excluding carboxylic acids is 1. The van der Waals surface area contributed by atoms with Crippen LogP contribution in [0.4, 0.5) is 0 Å². The molecule has 0 spiro atoms. The summed E-state index contributed by atoms with van der Waals surface area (Å²) in [6.45, 7) is 3.01. The van der Waals surface area contributed by atoms with Crippen molar-refractivity contribution in [3.05, 3.63) is 0 Å². The number of alkyl halides is 1. The third-order valence-electron chi connectivity index (χ3n) is 2.02. The highest BCUT2D eigenvalue weighted by atomic mass is 35.5. The molecular formula is C8H14ClNO2. The second-order valence-electron chi connectivity index (χ2n) is 2.86. The standard InChI is InChI=1S/C8H14ClNO2/c9-2-1-3-10-4-5-12-7-8(10)6-11/h6,8H,1-5,7H2. The van der Waals surface area contributed by atoms with E-state index in [2.05, 4.69) is 4.90 Å². The fourth-order valence-electron chi connectivity index (χ4n) is 1.32. The van der Waals surface area contributed by atoms with Crippen molar-refractivity contribution in [1.82, 2.24) is 4.90 Å². The highest BCUT2D eigenvalue weighted by Crippen LogP contribution is 2.05. The highest BCUT2D eigenvalue weighted by molar-refractivity contribution is 6.17. The molecule has 0 radical (unpaired) electrons. The van der Waals surface area contributed by atoms with E-state index in [-0.39, 0.29) is 6.04 Å². The van der Waals surface area contributed by atoms with Crippen LogP contribution in [0.2, 0.25) is 0 Å². The molecule has 1 unspecified atom stereocenters. The minimum absolute atomic E-state index is 0.0537. The van der Waals surface area contributed by atoms with Crippen LogP contribution in [0.5, 0.6) is 0 Å². The van der Waals surface area contributed by atoms with Crippen molar-refractivity contribution in [3.8, 4) is 0 Å². The second-order valence-corrected chi connectivity index (χ2v) is 3.23. The van der Waals surface area contributed by atoms with Gasteiger partial charge in [-0.25, -0.2) is 0 Å². The van der Waals surface area contributed by atoms with Gasteiger partial charge in [0.15, 0.2) is 0 Å². The zero-order valence-electron chi connectivity index (χ0n) is 7.04. The summed E-state index contributed by atoms with van der Waals surface area (Å²) in [5, 5.41) is 0. The molecule has 1 fully saturated rings. The monoisotopic (exact) mass is 191 g/mol. The molecule has 0 aliphatic carbocycles. The number of hydrogen-bond donors (Lipinski definition) is 0. The predicted octanol–water partition coefficient (Wildman–Crippen LogP) is 0.515. The largest absolute Gasteiger partial charge is 0.378 e. The predicted molar refractivity (Wildman–Crippen MR) is 47.6 cm³/mol. The number of morpholine rings is 1. The van der Waals surface area contributed by atoms with Crippen LogP contribution in [0, 0.1) is 0 Å². The molecule has 4 heteroatoms. The first-order chi connectivity index (χ1) is 5.88. The molecule has 0 aromatic heterocycles. The van der Waals surface area contributed by atoms with Gasteiger partial charge in [0.1, 0.15) is 6.29 Å². The lowest BCUT2D eigenvalue weighted by Gasteiger charge is -2.31. The second kappa shape index (κ2) is 5.51. The summed E-state index contributed by atoms with van der Waals surface area (Å²) in [4.78, 5) is 12.7. The molecule has 0 amide bonds. The van der Waals surface area contributed by atoms with Gasteiger partial charge in [-0.2, -0.15) is 0 Å². The Labute approximate surface area is 77.6 Å². The van der Waals surface area contributed by atoms with Gasteiger partial charge in [0.05, 0.1) is 19.3 Å². The van der Waals surface area contributed by atoms with Gasteiger partial charge in [-0.05, 0) is 6.42 Å². The molecule has 0 aromatic rings. The number of hydrogen-bond acceptors (Lipinski definition) is 3. The van der Waals surface area contributed by atoms with Gasteiger partial charge in [0.25, 0.3) is 0 Å². The van der Waals surface area contributed by atoms with E-state index < -0.39 is 0 Å². The smallest absolute Gasteiger partial charge is 0.139 e. The van der Waals surface area contributed by atoms with E-state index in [1.807, 2.05) is 0 Å². The molecule has 1 saturated heterocycles. The first kappa shape index (κ1) is 9.96. The van der Waals surface area contributed by atoms with Crippen molar-refractivity contribution >= 4 is 17.9 Å². The molecule has 1 atom stereocenters. The molecule has 1 heterocycles. The Morgan fingerprint density at radius 2 is 2.50 bits per heavy atom. The molecule has 1 aliphatic rings. The van der Waals surface area contributed by atoms with Crippen LogP contribution in [-0.2, 0) is 9.53 Å². The van der Waals surface area contributed by atoms with Crippen LogP contribution < -0.4 is 0 Å². The maximum atomic E-state index is 10.6. The van der Waals surface area contributed by atoms with Gasteiger partial charge in [-0.15, -0.1) is 11.6 Å². The van der Waals surface area contributed by atoms with Crippen LogP contribution >= 0.6 is 11.6 Å². The number of halogens is 1. The Bertz CT molecular complexity index is 143. The Morgan fingerprint density at radius 3 is 3.17 bits per heavy atom. The first-order valence-corrected chi connectivity index (χ1v) is 4.75. The van der Waals surface area contributed by atoms with Gasteiger partial charge in [0, 0.05) is 19.0 Å². The molecule has 0 saturated carbocycles. The van der Waals surface area contributed by atoms with Gasteiger partial charge < -0.3 is 9.53 Å². The summed E-state index contributed by atoms with van der Waals surface area (Å²) in [5.41, 5.74) is 0. The maximum absolute atomic E-state index is 10.6. The Hall–Kier alpha value is -0.120. The molecule has 3 nitrogen and oxygen atoms in total. The van der Waals surface area contributed by atoms with E-state index >= 15 is 0 Å². The highest BCUT2D eigenvalue weighted by Gasteiger charge is 2.21. The average Bonchev–Trinajstić information content (AvgIpc) is 2.15. The van der Waals surface area contributed by atoms with Gasteiger partial charge in [-0.3, -0.25) is 4.90 Å². The van der Waals surface area contributed by atoms with E-state index in [1.54, 1.807) is 0 Å². The van der Waals surface area contributed by atoms with E-state index in [0.717, 1.165) is 32.4 Å². The van der Waals surface area contributed by atoms with E-state index in [4.69, 9.17) is 16.3 Å². The van der Waals surface area contributed by atoms with Crippen molar-refractivity contribution < 1.29 is 9.53 Å². The summed E-state index contributed by atoms with van der Waals surface area (Å²) < 4.78 is 5.18. The topological polar surface area (TPSA) is 29.5 Å². The summed E-state index contributed by atoms with van der Waals surface area (Å²) in [7, 11) is 0. The normalized spacial score (nSPS) is 25.6. The molecule has 1 aliphatic heterocycles. The molecule has 12 heavy (non-hydrogen) atoms. The van der Waals surface area contributed by atoms with Gasteiger partial charge in [-0.1, -0.05) is 0 Å². The summed E-state index contributed by atoms with van der Waals surface area (Å²) >= 11 is 5.57. The van der Waals surface area contributed by atoms with Crippen molar-refractivity contribution in [2.45, 2.75) is 12.5 Å². The van der Waals surface area contributed by atoms with Crippen molar-refractivity contribution in [1.29, 1.82) is 0 Å². The SMILES string of the molecule is O=CC1COCCN1CCCCl. The quantitative estimate of drug-likeness (QED) is 0.479. The lowest BCUT2D eigenvalue weighted by molar-refractivity contribution is -0.118. The first-order valence-electron chi connectivity index (χ1n) is 4.21. The molecule has 0 N–H and O–H groups in total. The van der Waals surface area contributed by atoms with Gasteiger partial charge >= 0.3 is 0 Å². The zero-order valence-corrected chi connectivity index (χ0v) is 7.79. The number of rotatable bonds is 4. The molecule has 0 bridgehead atoms. The van der Waals surface area contributed by atoms with Crippen molar-refractivity contribution in [2.75, 3.05) is 32.2 Å².